The Morgan fingerprint density at radius 3 is 2.81 bits per heavy atom. The minimum absolute atomic E-state index is 0.0450. The molecule has 1 aliphatic heterocycles. The van der Waals surface area contributed by atoms with E-state index in [1.807, 2.05) is 10.8 Å². The van der Waals surface area contributed by atoms with E-state index in [1.165, 1.54) is 4.90 Å². The van der Waals surface area contributed by atoms with Gasteiger partial charge in [-0.3, -0.25) is 4.79 Å². The van der Waals surface area contributed by atoms with Gasteiger partial charge in [-0.05, 0) is 26.2 Å². The van der Waals surface area contributed by atoms with Crippen molar-refractivity contribution < 1.29 is 14.7 Å². The fourth-order valence-corrected chi connectivity index (χ4v) is 3.07. The van der Waals surface area contributed by atoms with Crippen molar-refractivity contribution in [2.24, 2.45) is 0 Å². The second-order valence-corrected chi connectivity index (χ2v) is 5.88. The average Bonchev–Trinajstić information content (AvgIpc) is 3.07. The highest BCUT2D eigenvalue weighted by atomic mass is 16.4. The van der Waals surface area contributed by atoms with E-state index in [-0.39, 0.29) is 11.9 Å². The van der Waals surface area contributed by atoms with Gasteiger partial charge in [0.15, 0.2) is 0 Å². The molecule has 6 nitrogen and oxygen atoms in total. The van der Waals surface area contributed by atoms with Gasteiger partial charge >= 0.3 is 5.97 Å². The van der Waals surface area contributed by atoms with Crippen molar-refractivity contribution in [1.29, 1.82) is 0 Å². The van der Waals surface area contributed by atoms with Gasteiger partial charge in [-0.15, -0.1) is 0 Å². The van der Waals surface area contributed by atoms with Crippen molar-refractivity contribution in [2.45, 2.75) is 57.5 Å². The minimum Gasteiger partial charge on any atom is -0.480 e. The van der Waals surface area contributed by atoms with E-state index in [0.29, 0.717) is 19.4 Å². The summed E-state index contributed by atoms with van der Waals surface area (Å²) < 4.78 is 1.94. The minimum atomic E-state index is -1.05. The van der Waals surface area contributed by atoms with Gasteiger partial charge in [0.05, 0.1) is 6.33 Å². The third-order valence-corrected chi connectivity index (χ3v) is 4.38. The highest BCUT2D eigenvalue weighted by molar-refractivity contribution is 5.87. The van der Waals surface area contributed by atoms with Crippen molar-refractivity contribution in [3.63, 3.8) is 0 Å². The van der Waals surface area contributed by atoms with E-state index in [1.54, 1.807) is 19.4 Å². The summed E-state index contributed by atoms with van der Waals surface area (Å²) in [5, 5.41) is 9.40. The first-order valence-corrected chi connectivity index (χ1v) is 7.50. The predicted molar refractivity (Wildman–Crippen MR) is 77.8 cm³/mol. The fraction of sp³-hybridized carbons (Fsp3) is 0.667. The lowest BCUT2D eigenvalue weighted by atomic mass is 9.98. The molecule has 2 heterocycles. The van der Waals surface area contributed by atoms with Crippen molar-refractivity contribution in [1.82, 2.24) is 14.5 Å². The Hall–Kier alpha value is -1.85. The number of aromatic nitrogens is 2. The topological polar surface area (TPSA) is 75.4 Å². The normalized spacial score (nSPS) is 23.2. The molecule has 1 N–H and O–H groups in total. The Labute approximate surface area is 124 Å². The van der Waals surface area contributed by atoms with Crippen LogP contribution in [0.2, 0.25) is 0 Å². The maximum atomic E-state index is 12.6. The van der Waals surface area contributed by atoms with E-state index in [0.717, 1.165) is 19.3 Å². The van der Waals surface area contributed by atoms with Gasteiger partial charge in [-0.1, -0.05) is 13.3 Å². The number of rotatable bonds is 6. The summed E-state index contributed by atoms with van der Waals surface area (Å²) in [5.74, 6) is -0.993. The highest BCUT2D eigenvalue weighted by Gasteiger charge is 2.45. The molecule has 0 spiro atoms. The van der Waals surface area contributed by atoms with E-state index >= 15 is 0 Å². The largest absolute Gasteiger partial charge is 0.480 e. The molecule has 1 aromatic rings. The van der Waals surface area contributed by atoms with Crippen molar-refractivity contribution in [2.75, 3.05) is 6.54 Å². The number of carbonyl (C=O) groups is 2. The molecule has 0 aromatic carbocycles. The number of hydrogen-bond donors (Lipinski definition) is 1. The first-order chi connectivity index (χ1) is 9.99. The standard InChI is InChI=1S/C15H23N3O3/c1-3-5-12(17-9-7-16-11-17)10-13(19)18-8-4-6-15(18,2)14(20)21/h7,9,11-12H,3-6,8,10H2,1-2H3,(H,20,21). The second-order valence-electron chi connectivity index (χ2n) is 5.88. The van der Waals surface area contributed by atoms with Crippen molar-refractivity contribution in [3.05, 3.63) is 18.7 Å². The first-order valence-electron chi connectivity index (χ1n) is 7.50. The summed E-state index contributed by atoms with van der Waals surface area (Å²) in [7, 11) is 0. The second kappa shape index (κ2) is 6.28. The van der Waals surface area contributed by atoms with E-state index < -0.39 is 11.5 Å². The lowest BCUT2D eigenvalue weighted by Gasteiger charge is -2.32. The average molecular weight is 293 g/mol. The van der Waals surface area contributed by atoms with Gasteiger partial charge in [0.25, 0.3) is 0 Å². The molecule has 0 saturated carbocycles. The van der Waals surface area contributed by atoms with Crippen LogP contribution in [0.15, 0.2) is 18.7 Å². The molecule has 1 saturated heterocycles. The number of aliphatic carboxylic acids is 1. The zero-order valence-corrected chi connectivity index (χ0v) is 12.7. The lowest BCUT2D eigenvalue weighted by molar-refractivity contribution is -0.155. The molecule has 6 heteroatoms. The molecular formula is C15H23N3O3. The van der Waals surface area contributed by atoms with Crippen LogP contribution in [0, 0.1) is 0 Å². The van der Waals surface area contributed by atoms with Gasteiger partial charge in [-0.25, -0.2) is 9.78 Å². The monoisotopic (exact) mass is 293 g/mol. The van der Waals surface area contributed by atoms with Gasteiger partial charge in [0.2, 0.25) is 5.91 Å². The van der Waals surface area contributed by atoms with Crippen LogP contribution in [0.5, 0.6) is 0 Å². The van der Waals surface area contributed by atoms with Crippen LogP contribution in [0.1, 0.15) is 52.0 Å². The maximum absolute atomic E-state index is 12.6. The molecule has 0 radical (unpaired) electrons. The van der Waals surface area contributed by atoms with Gasteiger partial charge < -0.3 is 14.6 Å². The third kappa shape index (κ3) is 3.09. The lowest BCUT2D eigenvalue weighted by Crippen LogP contribution is -2.51. The Morgan fingerprint density at radius 1 is 1.48 bits per heavy atom. The zero-order valence-electron chi connectivity index (χ0n) is 12.7. The van der Waals surface area contributed by atoms with Crippen LogP contribution in [0.3, 0.4) is 0 Å². The number of nitrogens with zero attached hydrogens (tertiary/aromatic N) is 3. The molecule has 2 rings (SSSR count). The summed E-state index contributed by atoms with van der Waals surface area (Å²) in [6.45, 7) is 4.25. The van der Waals surface area contributed by atoms with Gasteiger partial charge in [-0.2, -0.15) is 0 Å². The predicted octanol–water partition coefficient (Wildman–Crippen LogP) is 2.08. The number of carboxylic acids is 1. The zero-order chi connectivity index (χ0) is 15.5. The number of carbonyl (C=O) groups excluding carboxylic acids is 1. The Kier molecular flexibility index (Phi) is 4.65. The SMILES string of the molecule is CCCC(CC(=O)N1CCCC1(C)C(=O)O)n1ccnc1. The molecule has 0 bridgehead atoms. The number of likely N-dealkylation sites (tertiary alicyclic amines) is 1. The van der Waals surface area contributed by atoms with Gasteiger partial charge in [0.1, 0.15) is 5.54 Å². The summed E-state index contributed by atoms with van der Waals surface area (Å²) in [4.78, 5) is 29.6. The van der Waals surface area contributed by atoms with Crippen LogP contribution in [-0.4, -0.2) is 43.5 Å². The Morgan fingerprint density at radius 2 is 2.24 bits per heavy atom. The van der Waals surface area contributed by atoms with E-state index in [4.69, 9.17) is 0 Å². The number of amides is 1. The van der Waals surface area contributed by atoms with E-state index in [2.05, 4.69) is 11.9 Å². The molecule has 1 aliphatic rings. The maximum Gasteiger partial charge on any atom is 0.329 e. The van der Waals surface area contributed by atoms with Gasteiger partial charge in [0, 0.05) is 31.4 Å². The Bertz CT molecular complexity index is 500. The van der Waals surface area contributed by atoms with Crippen LogP contribution in [0.4, 0.5) is 0 Å². The van der Waals surface area contributed by atoms with E-state index in [9.17, 15) is 14.7 Å². The molecule has 0 aliphatic carbocycles. The van der Waals surface area contributed by atoms with Crippen LogP contribution >= 0.6 is 0 Å². The van der Waals surface area contributed by atoms with Crippen LogP contribution in [-0.2, 0) is 9.59 Å². The number of carboxylic acid groups (broad SMARTS) is 1. The molecule has 1 amide bonds. The first kappa shape index (κ1) is 15.5. The van der Waals surface area contributed by atoms with Crippen molar-refractivity contribution in [3.8, 4) is 0 Å². The third-order valence-electron chi connectivity index (χ3n) is 4.38. The Balaban J connectivity index is 2.10. The molecule has 21 heavy (non-hydrogen) atoms. The fourth-order valence-electron chi connectivity index (χ4n) is 3.07. The molecule has 1 aromatic heterocycles. The molecule has 2 atom stereocenters. The summed E-state index contributed by atoms with van der Waals surface area (Å²) in [6, 6.07) is 0.0450. The smallest absolute Gasteiger partial charge is 0.329 e. The quantitative estimate of drug-likeness (QED) is 0.871. The molecule has 116 valence electrons. The number of imidazole rings is 1. The molecular weight excluding hydrogens is 270 g/mol. The summed E-state index contributed by atoms with van der Waals surface area (Å²) >= 11 is 0. The van der Waals surface area contributed by atoms with Crippen LogP contribution in [0.25, 0.3) is 0 Å². The molecule has 1 fully saturated rings. The summed E-state index contributed by atoms with van der Waals surface area (Å²) in [5.41, 5.74) is -1.05. The number of hydrogen-bond acceptors (Lipinski definition) is 3. The molecule has 2 unspecified atom stereocenters. The summed E-state index contributed by atoms with van der Waals surface area (Å²) in [6.07, 6.45) is 8.71. The van der Waals surface area contributed by atoms with Crippen molar-refractivity contribution >= 4 is 11.9 Å². The van der Waals surface area contributed by atoms with Crippen LogP contribution < -0.4 is 0 Å². The highest BCUT2D eigenvalue weighted by Crippen LogP contribution is 2.31.